The summed E-state index contributed by atoms with van der Waals surface area (Å²) in [7, 11) is 0. The molecule has 0 heterocycles. The van der Waals surface area contributed by atoms with Gasteiger partial charge in [0.2, 0.25) is 0 Å². The van der Waals surface area contributed by atoms with Crippen molar-refractivity contribution in [2.24, 2.45) is 5.92 Å². The first-order chi connectivity index (χ1) is 7.35. The number of nitriles is 1. The monoisotopic (exact) mass is 207 g/mol. The highest BCUT2D eigenvalue weighted by molar-refractivity contribution is 4.77. The summed E-state index contributed by atoms with van der Waals surface area (Å²) in [6.07, 6.45) is 12.7. The molecule has 0 N–H and O–H groups in total. The van der Waals surface area contributed by atoms with Gasteiger partial charge < -0.3 is 0 Å². The lowest BCUT2D eigenvalue weighted by Crippen LogP contribution is -1.99. The summed E-state index contributed by atoms with van der Waals surface area (Å²) in [5, 5.41) is 8.73. The lowest BCUT2D eigenvalue weighted by atomic mass is 9.93. The Kier molecular flexibility index (Phi) is 10.7. The van der Waals surface area contributed by atoms with E-state index < -0.39 is 0 Å². The molecule has 0 aromatic carbocycles. The smallest absolute Gasteiger partial charge is 0.0624 e. The molecule has 0 radical (unpaired) electrons. The second-order valence-corrected chi connectivity index (χ2v) is 4.30. The van der Waals surface area contributed by atoms with E-state index in [0.29, 0.717) is 5.92 Å². The Hall–Kier alpha value is -0.770. The van der Waals surface area contributed by atoms with Crippen LogP contribution in [0.3, 0.4) is 0 Å². The maximum atomic E-state index is 8.73. The van der Waals surface area contributed by atoms with Crippen molar-refractivity contribution in [3.05, 3.63) is 12.7 Å². The van der Waals surface area contributed by atoms with Crippen molar-refractivity contribution in [2.45, 2.75) is 64.7 Å². The van der Waals surface area contributed by atoms with Crippen LogP contribution in [-0.2, 0) is 0 Å². The molecule has 0 aliphatic heterocycles. The SMILES string of the molecule is C=CCCCC(CC#N)CCCCCC. The minimum Gasteiger partial charge on any atom is -0.198 e. The molecule has 0 bridgehead atoms. The maximum Gasteiger partial charge on any atom is 0.0624 e. The summed E-state index contributed by atoms with van der Waals surface area (Å²) in [5.41, 5.74) is 0. The van der Waals surface area contributed by atoms with E-state index in [9.17, 15) is 0 Å². The van der Waals surface area contributed by atoms with Crippen LogP contribution >= 0.6 is 0 Å². The van der Waals surface area contributed by atoms with Gasteiger partial charge in [0.25, 0.3) is 0 Å². The number of hydrogen-bond donors (Lipinski definition) is 0. The van der Waals surface area contributed by atoms with E-state index >= 15 is 0 Å². The van der Waals surface area contributed by atoms with Crippen LogP contribution in [0.1, 0.15) is 64.7 Å². The summed E-state index contributed by atoms with van der Waals surface area (Å²) in [6.45, 7) is 5.96. The zero-order valence-electron chi connectivity index (χ0n) is 10.2. The molecule has 1 nitrogen and oxygen atoms in total. The van der Waals surface area contributed by atoms with Gasteiger partial charge in [0.1, 0.15) is 0 Å². The van der Waals surface area contributed by atoms with Crippen LogP contribution in [0.2, 0.25) is 0 Å². The summed E-state index contributed by atoms with van der Waals surface area (Å²) >= 11 is 0. The average molecular weight is 207 g/mol. The number of rotatable bonds is 10. The van der Waals surface area contributed by atoms with Gasteiger partial charge in [0.15, 0.2) is 0 Å². The van der Waals surface area contributed by atoms with Gasteiger partial charge in [-0.15, -0.1) is 6.58 Å². The molecule has 0 aliphatic rings. The molecular weight excluding hydrogens is 182 g/mol. The molecule has 0 rings (SSSR count). The summed E-state index contributed by atoms with van der Waals surface area (Å²) in [5.74, 6) is 0.631. The fourth-order valence-corrected chi connectivity index (χ4v) is 1.89. The molecule has 0 saturated carbocycles. The standard InChI is InChI=1S/C14H25N/c1-3-5-7-9-11-14(12-13-15)10-8-6-4-2/h4,14H,2-3,5-12H2,1H3. The van der Waals surface area contributed by atoms with E-state index in [1.807, 2.05) is 6.08 Å². The van der Waals surface area contributed by atoms with E-state index in [1.54, 1.807) is 0 Å². The molecule has 0 aromatic rings. The van der Waals surface area contributed by atoms with Crippen molar-refractivity contribution in [3.8, 4) is 6.07 Å². The predicted octanol–water partition coefficient (Wildman–Crippen LogP) is 4.84. The van der Waals surface area contributed by atoms with Crippen LogP contribution < -0.4 is 0 Å². The Bertz CT molecular complexity index is 178. The van der Waals surface area contributed by atoms with Gasteiger partial charge in [0.05, 0.1) is 6.07 Å². The Balaban J connectivity index is 3.54. The van der Waals surface area contributed by atoms with Crippen molar-refractivity contribution in [2.75, 3.05) is 0 Å². The lowest BCUT2D eigenvalue weighted by Gasteiger charge is -2.12. The topological polar surface area (TPSA) is 23.8 Å². The summed E-state index contributed by atoms with van der Waals surface area (Å²) in [4.78, 5) is 0. The van der Waals surface area contributed by atoms with Crippen molar-refractivity contribution < 1.29 is 0 Å². The van der Waals surface area contributed by atoms with Crippen LogP contribution in [0.15, 0.2) is 12.7 Å². The first kappa shape index (κ1) is 14.2. The van der Waals surface area contributed by atoms with Crippen LogP contribution in [0.25, 0.3) is 0 Å². The Labute approximate surface area is 95.2 Å². The van der Waals surface area contributed by atoms with E-state index in [0.717, 1.165) is 12.8 Å². The largest absolute Gasteiger partial charge is 0.198 e. The first-order valence-corrected chi connectivity index (χ1v) is 6.33. The first-order valence-electron chi connectivity index (χ1n) is 6.33. The molecule has 15 heavy (non-hydrogen) atoms. The zero-order chi connectivity index (χ0) is 11.4. The van der Waals surface area contributed by atoms with Crippen molar-refractivity contribution in [3.63, 3.8) is 0 Å². The van der Waals surface area contributed by atoms with Gasteiger partial charge >= 0.3 is 0 Å². The lowest BCUT2D eigenvalue weighted by molar-refractivity contribution is 0.423. The third-order valence-electron chi connectivity index (χ3n) is 2.87. The second kappa shape index (κ2) is 11.3. The van der Waals surface area contributed by atoms with Gasteiger partial charge in [-0.3, -0.25) is 0 Å². The molecular formula is C14H25N. The predicted molar refractivity (Wildman–Crippen MR) is 66.5 cm³/mol. The van der Waals surface area contributed by atoms with E-state index in [1.165, 1.54) is 44.9 Å². The summed E-state index contributed by atoms with van der Waals surface area (Å²) in [6, 6.07) is 2.31. The number of unbranched alkanes of at least 4 members (excludes halogenated alkanes) is 4. The highest BCUT2D eigenvalue weighted by Crippen LogP contribution is 2.20. The van der Waals surface area contributed by atoms with Gasteiger partial charge in [-0.25, -0.2) is 0 Å². The maximum absolute atomic E-state index is 8.73. The molecule has 1 atom stereocenters. The van der Waals surface area contributed by atoms with Crippen LogP contribution in [0, 0.1) is 17.2 Å². The summed E-state index contributed by atoms with van der Waals surface area (Å²) < 4.78 is 0. The Morgan fingerprint density at radius 1 is 1.20 bits per heavy atom. The van der Waals surface area contributed by atoms with Crippen LogP contribution in [-0.4, -0.2) is 0 Å². The molecule has 86 valence electrons. The normalized spacial score (nSPS) is 12.0. The number of nitrogens with zero attached hydrogens (tertiary/aromatic N) is 1. The van der Waals surface area contributed by atoms with Crippen LogP contribution in [0.5, 0.6) is 0 Å². The zero-order valence-corrected chi connectivity index (χ0v) is 10.2. The minimum atomic E-state index is 0.631. The highest BCUT2D eigenvalue weighted by Gasteiger charge is 2.07. The molecule has 0 fully saturated rings. The third kappa shape index (κ3) is 9.53. The fourth-order valence-electron chi connectivity index (χ4n) is 1.89. The van der Waals surface area contributed by atoms with E-state index in [2.05, 4.69) is 19.6 Å². The highest BCUT2D eigenvalue weighted by atomic mass is 14.2. The number of hydrogen-bond acceptors (Lipinski definition) is 1. The van der Waals surface area contributed by atoms with Crippen molar-refractivity contribution in [1.82, 2.24) is 0 Å². The molecule has 1 heteroatoms. The second-order valence-electron chi connectivity index (χ2n) is 4.30. The minimum absolute atomic E-state index is 0.631. The molecule has 0 amide bonds. The van der Waals surface area contributed by atoms with Gasteiger partial charge in [-0.05, 0) is 31.6 Å². The molecule has 0 spiro atoms. The Morgan fingerprint density at radius 3 is 2.53 bits per heavy atom. The molecule has 0 saturated heterocycles. The Morgan fingerprint density at radius 2 is 1.93 bits per heavy atom. The molecule has 0 aliphatic carbocycles. The quantitative estimate of drug-likeness (QED) is 0.371. The molecule has 0 aromatic heterocycles. The van der Waals surface area contributed by atoms with Crippen molar-refractivity contribution >= 4 is 0 Å². The van der Waals surface area contributed by atoms with Crippen molar-refractivity contribution in [1.29, 1.82) is 5.26 Å². The average Bonchev–Trinajstić information content (AvgIpc) is 2.24. The van der Waals surface area contributed by atoms with Gasteiger partial charge in [0, 0.05) is 6.42 Å². The van der Waals surface area contributed by atoms with Gasteiger partial charge in [-0.2, -0.15) is 5.26 Å². The molecule has 1 unspecified atom stereocenters. The van der Waals surface area contributed by atoms with Crippen LogP contribution in [0.4, 0.5) is 0 Å². The van der Waals surface area contributed by atoms with Gasteiger partial charge in [-0.1, -0.05) is 38.7 Å². The fraction of sp³-hybridized carbons (Fsp3) is 0.786. The third-order valence-corrected chi connectivity index (χ3v) is 2.87. The van der Waals surface area contributed by atoms with E-state index in [-0.39, 0.29) is 0 Å². The number of allylic oxidation sites excluding steroid dienone is 1. The van der Waals surface area contributed by atoms with E-state index in [4.69, 9.17) is 5.26 Å².